The van der Waals surface area contributed by atoms with Crippen LogP contribution in [0.1, 0.15) is 79.1 Å². The van der Waals surface area contributed by atoms with Gasteiger partial charge in [-0.2, -0.15) is 0 Å². The summed E-state index contributed by atoms with van der Waals surface area (Å²) in [5, 5.41) is 29.7. The minimum absolute atomic E-state index is 0.198. The maximum absolute atomic E-state index is 9.94. The van der Waals surface area contributed by atoms with Crippen LogP contribution < -0.4 is 0 Å². The molecule has 0 aromatic carbocycles. The fourth-order valence-electron chi connectivity index (χ4n) is 5.68. The largest absolute Gasteiger partial charge is 0.393 e. The number of hydrogen-bond acceptors (Lipinski definition) is 3. The van der Waals surface area contributed by atoms with Crippen molar-refractivity contribution in [2.75, 3.05) is 0 Å². The van der Waals surface area contributed by atoms with E-state index in [1.807, 2.05) is 0 Å². The first kappa shape index (κ1) is 22.3. The van der Waals surface area contributed by atoms with Crippen molar-refractivity contribution in [2.45, 2.75) is 96.9 Å². The van der Waals surface area contributed by atoms with E-state index in [0.717, 1.165) is 24.8 Å². The van der Waals surface area contributed by atoms with Crippen molar-refractivity contribution in [1.29, 1.82) is 0 Å². The van der Waals surface area contributed by atoms with Crippen LogP contribution in [-0.2, 0) is 0 Å². The molecule has 0 aromatic rings. The molecule has 3 nitrogen and oxygen atoms in total. The maximum atomic E-state index is 9.94. The molecule has 0 bridgehead atoms. The molecule has 5 atom stereocenters. The van der Waals surface area contributed by atoms with Gasteiger partial charge in [-0.25, -0.2) is 0 Å². The molecule has 0 radical (unpaired) electrons. The Morgan fingerprint density at radius 1 is 1.24 bits per heavy atom. The molecular weight excluding hydrogens is 360 g/mol. The summed E-state index contributed by atoms with van der Waals surface area (Å²) in [4.78, 5) is 0. The molecule has 3 rings (SSSR count). The van der Waals surface area contributed by atoms with E-state index in [1.165, 1.54) is 24.0 Å². The van der Waals surface area contributed by atoms with Crippen LogP contribution in [0.3, 0.4) is 0 Å². The van der Waals surface area contributed by atoms with Crippen molar-refractivity contribution >= 4 is 0 Å². The lowest BCUT2D eigenvalue weighted by Crippen LogP contribution is -2.32. The Labute approximate surface area is 176 Å². The van der Waals surface area contributed by atoms with Gasteiger partial charge in [0.2, 0.25) is 0 Å². The minimum atomic E-state index is -0.926. The fourth-order valence-corrected chi connectivity index (χ4v) is 5.68. The molecule has 3 heteroatoms. The second-order valence-electron chi connectivity index (χ2n) is 10.2. The van der Waals surface area contributed by atoms with E-state index in [2.05, 4.69) is 43.9 Å². The molecule has 0 heterocycles. The first-order valence-corrected chi connectivity index (χ1v) is 11.3. The smallest absolute Gasteiger partial charge is 0.119 e. The lowest BCUT2D eigenvalue weighted by molar-refractivity contribution is 0.0609. The Morgan fingerprint density at radius 2 is 1.93 bits per heavy atom. The van der Waals surface area contributed by atoms with E-state index in [-0.39, 0.29) is 5.41 Å². The molecule has 0 aliphatic heterocycles. The van der Waals surface area contributed by atoms with Crippen LogP contribution in [0, 0.1) is 29.1 Å². The van der Waals surface area contributed by atoms with Crippen molar-refractivity contribution in [1.82, 2.24) is 0 Å². The Bertz CT molecular complexity index is 743. The van der Waals surface area contributed by atoms with Crippen LogP contribution in [0.5, 0.6) is 0 Å². The summed E-state index contributed by atoms with van der Waals surface area (Å²) in [6, 6.07) is 0. The first-order chi connectivity index (χ1) is 13.6. The second kappa shape index (κ2) is 8.80. The lowest BCUT2D eigenvalue weighted by Gasteiger charge is -2.42. The van der Waals surface area contributed by atoms with Crippen LogP contribution in [0.25, 0.3) is 0 Å². The number of aliphatic hydroxyl groups is 3. The number of allylic oxidation sites excluding steroid dienone is 5. The summed E-state index contributed by atoms with van der Waals surface area (Å²) in [5.41, 5.74) is 3.49. The monoisotopic (exact) mass is 398 g/mol. The molecule has 0 aromatic heterocycles. The van der Waals surface area contributed by atoms with E-state index < -0.39 is 17.8 Å². The minimum Gasteiger partial charge on any atom is -0.393 e. The van der Waals surface area contributed by atoms with Crippen molar-refractivity contribution in [3.05, 3.63) is 34.9 Å². The van der Waals surface area contributed by atoms with E-state index in [4.69, 9.17) is 0 Å². The predicted molar refractivity (Wildman–Crippen MR) is 118 cm³/mol. The van der Waals surface area contributed by atoms with Gasteiger partial charge >= 0.3 is 0 Å². The van der Waals surface area contributed by atoms with Gasteiger partial charge in [-0.05, 0) is 76.0 Å². The topological polar surface area (TPSA) is 60.7 Å². The van der Waals surface area contributed by atoms with E-state index in [0.29, 0.717) is 31.1 Å². The van der Waals surface area contributed by atoms with E-state index >= 15 is 0 Å². The average Bonchev–Trinajstić information content (AvgIpc) is 2.95. The Balaban J connectivity index is 1.72. The fraction of sp³-hybridized carbons (Fsp3) is 0.692. The van der Waals surface area contributed by atoms with Gasteiger partial charge in [-0.15, -0.1) is 0 Å². The van der Waals surface area contributed by atoms with E-state index in [9.17, 15) is 15.3 Å². The molecule has 3 aliphatic carbocycles. The summed E-state index contributed by atoms with van der Waals surface area (Å²) in [6.07, 6.45) is 13.4. The van der Waals surface area contributed by atoms with Gasteiger partial charge in [0.1, 0.15) is 5.60 Å². The summed E-state index contributed by atoms with van der Waals surface area (Å²) in [7, 11) is 0. The molecule has 3 unspecified atom stereocenters. The SMILES string of the molecule is CC(CC#CC(C)(C)O)C1=CCC2/C(=C/C=C3/CC(O)C[C@H](O)C3)CCC[C@]12C. The quantitative estimate of drug-likeness (QED) is 0.478. The van der Waals surface area contributed by atoms with Gasteiger partial charge in [0, 0.05) is 6.42 Å². The highest BCUT2D eigenvalue weighted by Gasteiger charge is 2.45. The molecule has 0 saturated heterocycles. The molecule has 2 fully saturated rings. The van der Waals surface area contributed by atoms with Crippen LogP contribution in [0.4, 0.5) is 0 Å². The average molecular weight is 399 g/mol. The number of rotatable bonds is 3. The third-order valence-corrected chi connectivity index (χ3v) is 7.02. The molecule has 0 amide bonds. The van der Waals surface area contributed by atoms with Gasteiger partial charge in [0.15, 0.2) is 0 Å². The molecule has 160 valence electrons. The molecule has 3 N–H and O–H groups in total. The van der Waals surface area contributed by atoms with Gasteiger partial charge in [0.05, 0.1) is 12.2 Å². The highest BCUT2D eigenvalue weighted by atomic mass is 16.3. The van der Waals surface area contributed by atoms with Crippen LogP contribution >= 0.6 is 0 Å². The predicted octanol–water partition coefficient (Wildman–Crippen LogP) is 4.68. The summed E-state index contributed by atoms with van der Waals surface area (Å²) >= 11 is 0. The van der Waals surface area contributed by atoms with Crippen molar-refractivity contribution < 1.29 is 15.3 Å². The van der Waals surface area contributed by atoms with Crippen molar-refractivity contribution in [2.24, 2.45) is 17.3 Å². The van der Waals surface area contributed by atoms with Crippen LogP contribution in [0.2, 0.25) is 0 Å². The summed E-state index contributed by atoms with van der Waals surface area (Å²) < 4.78 is 0. The third-order valence-electron chi connectivity index (χ3n) is 7.02. The molecule has 2 saturated carbocycles. The van der Waals surface area contributed by atoms with Crippen molar-refractivity contribution in [3.63, 3.8) is 0 Å². The zero-order chi connectivity index (χ0) is 21.2. The zero-order valence-corrected chi connectivity index (χ0v) is 18.5. The lowest BCUT2D eigenvalue weighted by atomic mass is 9.62. The number of fused-ring (bicyclic) bond motifs is 1. The molecule has 0 spiro atoms. The maximum Gasteiger partial charge on any atom is 0.119 e. The third kappa shape index (κ3) is 5.43. The highest BCUT2D eigenvalue weighted by molar-refractivity contribution is 5.35. The van der Waals surface area contributed by atoms with Crippen LogP contribution in [0.15, 0.2) is 34.9 Å². The summed E-state index contributed by atoms with van der Waals surface area (Å²) in [6.45, 7) is 8.15. The molecular formula is C26H38O3. The van der Waals surface area contributed by atoms with Crippen molar-refractivity contribution in [3.8, 4) is 11.8 Å². The van der Waals surface area contributed by atoms with Gasteiger partial charge in [-0.3, -0.25) is 0 Å². The first-order valence-electron chi connectivity index (χ1n) is 11.3. The summed E-state index contributed by atoms with van der Waals surface area (Å²) in [5.74, 6) is 7.09. The number of hydrogen-bond donors (Lipinski definition) is 3. The highest BCUT2D eigenvalue weighted by Crippen LogP contribution is 2.56. The van der Waals surface area contributed by atoms with Gasteiger partial charge in [-0.1, -0.05) is 60.6 Å². The second-order valence-corrected chi connectivity index (χ2v) is 10.2. The number of aliphatic hydroxyl groups excluding tert-OH is 2. The zero-order valence-electron chi connectivity index (χ0n) is 18.5. The van der Waals surface area contributed by atoms with E-state index in [1.54, 1.807) is 13.8 Å². The van der Waals surface area contributed by atoms with Crippen LogP contribution in [-0.4, -0.2) is 33.1 Å². The van der Waals surface area contributed by atoms with Gasteiger partial charge in [0.25, 0.3) is 0 Å². The Hall–Kier alpha value is -1.34. The Morgan fingerprint density at radius 3 is 2.59 bits per heavy atom. The Kier molecular flexibility index (Phi) is 6.78. The normalized spacial score (nSPS) is 36.4. The molecule has 29 heavy (non-hydrogen) atoms. The molecule has 3 aliphatic rings. The standard InChI is InChI=1S/C26H38O3/c1-18(7-5-13-25(2,3)29)23-11-12-24-20(8-6-14-26(23,24)4)10-9-19-15-21(27)17-22(28)16-19/h9-11,18,21-22,24,27-29H,6-8,12,14-17H2,1-4H3/b19-9-,20-10+/t18?,21?,22-,24?,26-/m1/s1. The van der Waals surface area contributed by atoms with Gasteiger partial charge < -0.3 is 15.3 Å².